The fraction of sp³-hybridized carbons (Fsp3) is 0.111. The fourth-order valence-electron chi connectivity index (χ4n) is 1.45. The molecule has 1 amide bonds. The van der Waals surface area contributed by atoms with Crippen LogP contribution in [-0.4, -0.2) is 11.7 Å². The minimum atomic E-state index is -0.580. The minimum absolute atomic E-state index is 0.377. The average molecular weight is 176 g/mol. The number of Topliss-reactive ketones (excluding diaryl/α,β-unsaturated/α-hetero) is 1. The topological polar surface area (TPSA) is 72.2 Å². The third-order valence-electron chi connectivity index (χ3n) is 2.05. The molecule has 13 heavy (non-hydrogen) atoms. The van der Waals surface area contributed by atoms with Crippen molar-refractivity contribution < 1.29 is 9.59 Å². The summed E-state index contributed by atoms with van der Waals surface area (Å²) in [7, 11) is 0. The molecule has 1 heterocycles. The molecule has 0 saturated heterocycles. The predicted molar refractivity (Wildman–Crippen MR) is 48.6 cm³/mol. The molecule has 0 radical (unpaired) electrons. The molecule has 0 fully saturated rings. The van der Waals surface area contributed by atoms with Crippen LogP contribution in [0.15, 0.2) is 12.1 Å². The Morgan fingerprint density at radius 2 is 2.00 bits per heavy atom. The van der Waals surface area contributed by atoms with E-state index in [2.05, 4.69) is 5.32 Å². The van der Waals surface area contributed by atoms with Gasteiger partial charge in [0.25, 0.3) is 11.7 Å². The van der Waals surface area contributed by atoms with E-state index in [4.69, 9.17) is 5.73 Å². The molecule has 1 aliphatic heterocycles. The van der Waals surface area contributed by atoms with E-state index >= 15 is 0 Å². The van der Waals surface area contributed by atoms with Crippen molar-refractivity contribution in [2.45, 2.75) is 6.92 Å². The van der Waals surface area contributed by atoms with E-state index in [9.17, 15) is 9.59 Å². The predicted octanol–water partition coefficient (Wildman–Crippen LogP) is 0.712. The van der Waals surface area contributed by atoms with Gasteiger partial charge >= 0.3 is 0 Å². The van der Waals surface area contributed by atoms with Gasteiger partial charge in [0.1, 0.15) is 0 Å². The minimum Gasteiger partial charge on any atom is -0.399 e. The maximum Gasteiger partial charge on any atom is 0.296 e. The molecule has 0 aliphatic carbocycles. The quantitative estimate of drug-likeness (QED) is 0.451. The van der Waals surface area contributed by atoms with Gasteiger partial charge < -0.3 is 11.1 Å². The molecule has 1 aromatic carbocycles. The van der Waals surface area contributed by atoms with Crippen LogP contribution in [0.2, 0.25) is 0 Å². The number of benzene rings is 1. The molecular formula is C9H8N2O2. The van der Waals surface area contributed by atoms with Gasteiger partial charge in [-0.15, -0.1) is 0 Å². The summed E-state index contributed by atoms with van der Waals surface area (Å²) in [5, 5.41) is 2.50. The Morgan fingerprint density at radius 1 is 1.31 bits per heavy atom. The Kier molecular flexibility index (Phi) is 1.39. The third kappa shape index (κ3) is 0.989. The van der Waals surface area contributed by atoms with Gasteiger partial charge in [0, 0.05) is 5.69 Å². The molecule has 0 aromatic heterocycles. The molecule has 0 bridgehead atoms. The van der Waals surface area contributed by atoms with Crippen LogP contribution in [0.3, 0.4) is 0 Å². The summed E-state index contributed by atoms with van der Waals surface area (Å²) >= 11 is 0. The van der Waals surface area contributed by atoms with Crippen molar-refractivity contribution >= 4 is 23.1 Å². The first-order valence-electron chi connectivity index (χ1n) is 3.85. The molecule has 4 heteroatoms. The van der Waals surface area contributed by atoms with Gasteiger partial charge in [-0.3, -0.25) is 9.59 Å². The maximum absolute atomic E-state index is 11.2. The molecule has 3 N–H and O–H groups in total. The lowest BCUT2D eigenvalue weighted by atomic mass is 10.1. The summed E-state index contributed by atoms with van der Waals surface area (Å²) in [4.78, 5) is 22.2. The zero-order valence-electron chi connectivity index (χ0n) is 7.05. The Morgan fingerprint density at radius 3 is 2.69 bits per heavy atom. The van der Waals surface area contributed by atoms with Gasteiger partial charge in [-0.1, -0.05) is 0 Å². The molecular weight excluding hydrogens is 168 g/mol. The van der Waals surface area contributed by atoms with Crippen molar-refractivity contribution in [2.75, 3.05) is 11.1 Å². The normalized spacial score (nSPS) is 14.2. The van der Waals surface area contributed by atoms with Crippen LogP contribution in [0.5, 0.6) is 0 Å². The number of nitrogens with one attached hydrogen (secondary N) is 1. The standard InChI is InChI=1S/C9H8N2O2/c1-4-2-5(10)3-6-7(4)11-9(13)8(6)12/h2-3H,10H2,1H3,(H,11,12,13). The van der Waals surface area contributed by atoms with E-state index in [-0.39, 0.29) is 0 Å². The van der Waals surface area contributed by atoms with Gasteiger partial charge in [-0.25, -0.2) is 0 Å². The summed E-state index contributed by atoms with van der Waals surface area (Å²) in [5.74, 6) is -1.09. The van der Waals surface area contributed by atoms with E-state index in [1.165, 1.54) is 6.07 Å². The first-order chi connectivity index (χ1) is 6.09. The van der Waals surface area contributed by atoms with E-state index in [1.54, 1.807) is 13.0 Å². The molecule has 0 atom stereocenters. The number of rotatable bonds is 0. The van der Waals surface area contributed by atoms with Crippen molar-refractivity contribution in [3.05, 3.63) is 23.3 Å². The highest BCUT2D eigenvalue weighted by Gasteiger charge is 2.29. The summed E-state index contributed by atoms with van der Waals surface area (Å²) in [6.07, 6.45) is 0. The van der Waals surface area contributed by atoms with E-state index in [0.717, 1.165) is 5.56 Å². The van der Waals surface area contributed by atoms with E-state index in [1.807, 2.05) is 0 Å². The summed E-state index contributed by atoms with van der Waals surface area (Å²) in [5.41, 5.74) is 7.83. The van der Waals surface area contributed by atoms with Gasteiger partial charge in [0.2, 0.25) is 0 Å². The van der Waals surface area contributed by atoms with Crippen molar-refractivity contribution in [2.24, 2.45) is 0 Å². The lowest BCUT2D eigenvalue weighted by Crippen LogP contribution is -2.12. The summed E-state index contributed by atoms with van der Waals surface area (Å²) < 4.78 is 0. The molecule has 0 unspecified atom stereocenters. The first-order valence-corrected chi connectivity index (χ1v) is 3.85. The SMILES string of the molecule is Cc1cc(N)cc2c1NC(=O)C2=O. The van der Waals surface area contributed by atoms with Crippen LogP contribution in [0.1, 0.15) is 15.9 Å². The highest BCUT2D eigenvalue weighted by atomic mass is 16.2. The molecule has 4 nitrogen and oxygen atoms in total. The second kappa shape index (κ2) is 2.32. The highest BCUT2D eigenvalue weighted by molar-refractivity contribution is 6.51. The first kappa shape index (κ1) is 7.79. The number of aryl methyl sites for hydroxylation is 1. The smallest absolute Gasteiger partial charge is 0.296 e. The number of hydrogen-bond donors (Lipinski definition) is 2. The molecule has 0 spiro atoms. The van der Waals surface area contributed by atoms with Gasteiger partial charge in [-0.2, -0.15) is 0 Å². The largest absolute Gasteiger partial charge is 0.399 e. The summed E-state index contributed by atoms with van der Waals surface area (Å²) in [6, 6.07) is 3.24. The zero-order chi connectivity index (χ0) is 9.59. The molecule has 0 saturated carbocycles. The van der Waals surface area contributed by atoms with Crippen LogP contribution in [0.25, 0.3) is 0 Å². The van der Waals surface area contributed by atoms with Crippen molar-refractivity contribution in [3.8, 4) is 0 Å². The van der Waals surface area contributed by atoms with Crippen LogP contribution < -0.4 is 11.1 Å². The number of hydrogen-bond acceptors (Lipinski definition) is 3. The molecule has 1 aromatic rings. The lowest BCUT2D eigenvalue weighted by Gasteiger charge is -2.02. The number of nitrogen functional groups attached to an aromatic ring is 1. The fourth-order valence-corrected chi connectivity index (χ4v) is 1.45. The number of fused-ring (bicyclic) bond motifs is 1. The van der Waals surface area contributed by atoms with Gasteiger partial charge in [-0.05, 0) is 24.6 Å². The van der Waals surface area contributed by atoms with Crippen LogP contribution >= 0.6 is 0 Å². The molecule has 2 rings (SSSR count). The monoisotopic (exact) mass is 176 g/mol. The Bertz CT molecular complexity index is 424. The average Bonchev–Trinajstić information content (AvgIpc) is 2.32. The van der Waals surface area contributed by atoms with E-state index in [0.29, 0.717) is 16.9 Å². The Balaban J connectivity index is 2.70. The van der Waals surface area contributed by atoms with Crippen molar-refractivity contribution in [1.82, 2.24) is 0 Å². The number of anilines is 2. The zero-order valence-corrected chi connectivity index (χ0v) is 7.05. The Labute approximate surface area is 74.7 Å². The van der Waals surface area contributed by atoms with Gasteiger partial charge in [0.05, 0.1) is 11.3 Å². The Hall–Kier alpha value is -1.84. The van der Waals surface area contributed by atoms with Crippen molar-refractivity contribution in [3.63, 3.8) is 0 Å². The molecule has 1 aliphatic rings. The molecule has 66 valence electrons. The number of ketones is 1. The number of carbonyl (C=O) groups is 2. The lowest BCUT2D eigenvalue weighted by molar-refractivity contribution is -0.112. The van der Waals surface area contributed by atoms with Crippen LogP contribution in [-0.2, 0) is 4.79 Å². The van der Waals surface area contributed by atoms with E-state index < -0.39 is 11.7 Å². The maximum atomic E-state index is 11.2. The van der Waals surface area contributed by atoms with Crippen LogP contribution in [0.4, 0.5) is 11.4 Å². The van der Waals surface area contributed by atoms with Gasteiger partial charge in [0.15, 0.2) is 0 Å². The highest BCUT2D eigenvalue weighted by Crippen LogP contribution is 2.28. The number of carbonyl (C=O) groups excluding carboxylic acids is 2. The summed E-state index contributed by atoms with van der Waals surface area (Å²) in [6.45, 7) is 1.80. The van der Waals surface area contributed by atoms with Crippen molar-refractivity contribution in [1.29, 1.82) is 0 Å². The third-order valence-corrected chi connectivity index (χ3v) is 2.05. The second-order valence-corrected chi connectivity index (χ2v) is 3.04. The number of nitrogens with two attached hydrogens (primary N) is 1. The van der Waals surface area contributed by atoms with Crippen LogP contribution in [0, 0.1) is 6.92 Å². The second-order valence-electron chi connectivity index (χ2n) is 3.04. The number of amides is 1.